The summed E-state index contributed by atoms with van der Waals surface area (Å²) in [7, 11) is 0. The number of hydrogen-bond donors (Lipinski definition) is 1. The summed E-state index contributed by atoms with van der Waals surface area (Å²) in [5, 5.41) is 10.7. The van der Waals surface area contributed by atoms with Gasteiger partial charge in [0.2, 0.25) is 0 Å². The first-order valence-electron chi connectivity index (χ1n) is 5.93. The summed E-state index contributed by atoms with van der Waals surface area (Å²) in [6, 6.07) is 6.28. The molecule has 0 saturated carbocycles. The molecule has 1 fully saturated rings. The number of benzene rings is 1. The molecule has 0 spiro atoms. The van der Waals surface area contributed by atoms with Gasteiger partial charge in [-0.3, -0.25) is 0 Å². The molecular weight excluding hydrogens is 200 g/mol. The first-order chi connectivity index (χ1) is 7.51. The van der Waals surface area contributed by atoms with Crippen LogP contribution in [0.15, 0.2) is 18.2 Å². The zero-order chi connectivity index (χ0) is 11.8. The van der Waals surface area contributed by atoms with Crippen molar-refractivity contribution in [1.82, 2.24) is 0 Å². The van der Waals surface area contributed by atoms with Crippen LogP contribution in [0, 0.1) is 13.8 Å². The predicted molar refractivity (Wildman–Crippen MR) is 64.5 cm³/mol. The molecule has 0 aromatic heterocycles. The second kappa shape index (κ2) is 4.19. The zero-order valence-electron chi connectivity index (χ0n) is 10.3. The van der Waals surface area contributed by atoms with E-state index in [4.69, 9.17) is 4.74 Å². The van der Waals surface area contributed by atoms with E-state index in [-0.39, 0.29) is 6.10 Å². The monoisotopic (exact) mass is 220 g/mol. The van der Waals surface area contributed by atoms with Gasteiger partial charge in [0.25, 0.3) is 0 Å². The van der Waals surface area contributed by atoms with Crippen molar-refractivity contribution >= 4 is 0 Å². The lowest BCUT2D eigenvalue weighted by molar-refractivity contribution is -0.102. The Labute approximate surface area is 97.3 Å². The largest absolute Gasteiger partial charge is 0.385 e. The molecule has 1 aliphatic heterocycles. The highest BCUT2D eigenvalue weighted by Crippen LogP contribution is 2.36. The van der Waals surface area contributed by atoms with Gasteiger partial charge < -0.3 is 9.84 Å². The third-order valence-corrected chi connectivity index (χ3v) is 3.44. The number of rotatable bonds is 1. The summed E-state index contributed by atoms with van der Waals surface area (Å²) in [6.45, 7) is 6.79. The number of hydrogen-bond acceptors (Lipinski definition) is 2. The molecule has 0 aliphatic carbocycles. The Morgan fingerprint density at radius 2 is 2.12 bits per heavy atom. The summed E-state index contributed by atoms with van der Waals surface area (Å²) in [5.41, 5.74) is 2.74. The quantitative estimate of drug-likeness (QED) is 0.788. The molecule has 0 radical (unpaired) electrons. The van der Waals surface area contributed by atoms with Gasteiger partial charge in [0.1, 0.15) is 0 Å². The van der Waals surface area contributed by atoms with E-state index in [0.29, 0.717) is 19.4 Å². The van der Waals surface area contributed by atoms with Gasteiger partial charge in [-0.25, -0.2) is 0 Å². The van der Waals surface area contributed by atoms with Crippen LogP contribution in [0.5, 0.6) is 0 Å². The summed E-state index contributed by atoms with van der Waals surface area (Å²) >= 11 is 0. The first-order valence-corrected chi connectivity index (χ1v) is 5.93. The minimum atomic E-state index is -0.701. The summed E-state index contributed by atoms with van der Waals surface area (Å²) in [6.07, 6.45) is 1.53. The lowest BCUT2D eigenvalue weighted by Gasteiger charge is -2.37. The lowest BCUT2D eigenvalue weighted by Crippen LogP contribution is -2.38. The molecule has 1 aromatic rings. The molecule has 16 heavy (non-hydrogen) atoms. The van der Waals surface area contributed by atoms with Crippen molar-refractivity contribution in [3.63, 3.8) is 0 Å². The van der Waals surface area contributed by atoms with Crippen molar-refractivity contribution in [1.29, 1.82) is 0 Å². The number of ether oxygens (including phenoxy) is 1. The van der Waals surface area contributed by atoms with Crippen molar-refractivity contribution in [2.75, 3.05) is 6.61 Å². The zero-order valence-corrected chi connectivity index (χ0v) is 10.3. The van der Waals surface area contributed by atoms with E-state index in [0.717, 1.165) is 5.56 Å². The maximum atomic E-state index is 10.7. The van der Waals surface area contributed by atoms with Crippen molar-refractivity contribution in [2.24, 2.45) is 0 Å². The minimum absolute atomic E-state index is 0.138. The molecule has 1 aromatic carbocycles. The van der Waals surface area contributed by atoms with Crippen LogP contribution in [0.3, 0.4) is 0 Å². The van der Waals surface area contributed by atoms with Gasteiger partial charge in [0.15, 0.2) is 0 Å². The van der Waals surface area contributed by atoms with Gasteiger partial charge in [0.05, 0.1) is 18.3 Å². The summed E-state index contributed by atoms with van der Waals surface area (Å²) in [5.74, 6) is 0. The van der Waals surface area contributed by atoms with E-state index in [1.165, 1.54) is 11.1 Å². The van der Waals surface area contributed by atoms with Crippen LogP contribution >= 0.6 is 0 Å². The van der Waals surface area contributed by atoms with Crippen LogP contribution in [0.2, 0.25) is 0 Å². The van der Waals surface area contributed by atoms with Crippen LogP contribution in [0.4, 0.5) is 0 Å². The summed E-state index contributed by atoms with van der Waals surface area (Å²) < 4.78 is 5.50. The molecule has 2 atom stereocenters. The Kier molecular flexibility index (Phi) is 3.04. The van der Waals surface area contributed by atoms with Crippen molar-refractivity contribution in [2.45, 2.75) is 45.3 Å². The molecular formula is C14H20O2. The van der Waals surface area contributed by atoms with Crippen LogP contribution in [0.25, 0.3) is 0 Å². The Balaban J connectivity index is 2.37. The SMILES string of the molecule is Cc1ccc(C)c(C2(O)CCOC(C)C2)c1. The van der Waals surface area contributed by atoms with E-state index < -0.39 is 5.60 Å². The maximum absolute atomic E-state index is 10.7. The second-order valence-electron chi connectivity index (χ2n) is 4.99. The molecule has 1 saturated heterocycles. The van der Waals surface area contributed by atoms with E-state index in [1.54, 1.807) is 0 Å². The highest BCUT2D eigenvalue weighted by atomic mass is 16.5. The van der Waals surface area contributed by atoms with Crippen LogP contribution in [0.1, 0.15) is 36.5 Å². The molecule has 88 valence electrons. The van der Waals surface area contributed by atoms with Crippen LogP contribution in [-0.4, -0.2) is 17.8 Å². The Bertz CT molecular complexity index is 386. The average Bonchev–Trinajstić information content (AvgIpc) is 2.21. The average molecular weight is 220 g/mol. The molecule has 0 bridgehead atoms. The Morgan fingerprint density at radius 3 is 2.81 bits per heavy atom. The van der Waals surface area contributed by atoms with Crippen molar-refractivity contribution < 1.29 is 9.84 Å². The van der Waals surface area contributed by atoms with E-state index in [2.05, 4.69) is 32.0 Å². The van der Waals surface area contributed by atoms with Gasteiger partial charge in [0, 0.05) is 12.8 Å². The predicted octanol–water partition coefficient (Wildman–Crippen LogP) is 2.69. The van der Waals surface area contributed by atoms with Crippen LogP contribution in [-0.2, 0) is 10.3 Å². The second-order valence-corrected chi connectivity index (χ2v) is 4.99. The lowest BCUT2D eigenvalue weighted by atomic mass is 9.81. The Hall–Kier alpha value is -0.860. The number of aryl methyl sites for hydroxylation is 2. The fourth-order valence-electron chi connectivity index (χ4n) is 2.55. The maximum Gasteiger partial charge on any atom is 0.0945 e. The standard InChI is InChI=1S/C14H20O2/c1-10-4-5-11(2)13(8-10)14(15)6-7-16-12(3)9-14/h4-5,8,12,15H,6-7,9H2,1-3H3. The fourth-order valence-corrected chi connectivity index (χ4v) is 2.55. The van der Waals surface area contributed by atoms with Gasteiger partial charge in [-0.2, -0.15) is 0 Å². The van der Waals surface area contributed by atoms with Crippen molar-refractivity contribution in [3.8, 4) is 0 Å². The van der Waals surface area contributed by atoms with Gasteiger partial charge in [-0.05, 0) is 31.9 Å². The van der Waals surface area contributed by atoms with Gasteiger partial charge in [-0.1, -0.05) is 23.8 Å². The third kappa shape index (κ3) is 2.13. The normalized spacial score (nSPS) is 30.4. The van der Waals surface area contributed by atoms with Crippen molar-refractivity contribution in [3.05, 3.63) is 34.9 Å². The fraction of sp³-hybridized carbons (Fsp3) is 0.571. The first kappa shape index (κ1) is 11.6. The minimum Gasteiger partial charge on any atom is -0.385 e. The molecule has 2 nitrogen and oxygen atoms in total. The smallest absolute Gasteiger partial charge is 0.0945 e. The molecule has 2 heteroatoms. The van der Waals surface area contributed by atoms with E-state index >= 15 is 0 Å². The molecule has 1 aliphatic rings. The molecule has 1 heterocycles. The third-order valence-electron chi connectivity index (χ3n) is 3.44. The van der Waals surface area contributed by atoms with Crippen LogP contribution < -0.4 is 0 Å². The highest BCUT2D eigenvalue weighted by molar-refractivity contribution is 5.35. The van der Waals surface area contributed by atoms with Gasteiger partial charge in [-0.15, -0.1) is 0 Å². The van der Waals surface area contributed by atoms with E-state index in [1.807, 2.05) is 6.92 Å². The molecule has 0 amide bonds. The van der Waals surface area contributed by atoms with Gasteiger partial charge >= 0.3 is 0 Å². The Morgan fingerprint density at radius 1 is 1.38 bits per heavy atom. The molecule has 1 N–H and O–H groups in total. The molecule has 2 unspecified atom stereocenters. The highest BCUT2D eigenvalue weighted by Gasteiger charge is 2.35. The number of aliphatic hydroxyl groups is 1. The summed E-state index contributed by atoms with van der Waals surface area (Å²) in [4.78, 5) is 0. The topological polar surface area (TPSA) is 29.5 Å². The van der Waals surface area contributed by atoms with E-state index in [9.17, 15) is 5.11 Å². The molecule has 2 rings (SSSR count).